The molecule has 1 aliphatic carbocycles. The van der Waals surface area contributed by atoms with Gasteiger partial charge in [0, 0.05) is 50.7 Å². The largest absolute Gasteiger partial charge is 0.456 e. The molecule has 204 valence electrons. The lowest BCUT2D eigenvalue weighted by atomic mass is 9.95. The number of benzene rings is 6. The molecule has 0 spiro atoms. The summed E-state index contributed by atoms with van der Waals surface area (Å²) in [6, 6.07) is 42.8. The van der Waals surface area contributed by atoms with Crippen LogP contribution in [0.3, 0.4) is 0 Å². The molecule has 0 fully saturated rings. The van der Waals surface area contributed by atoms with Crippen molar-refractivity contribution in [2.24, 2.45) is 0 Å². The predicted octanol–water partition coefficient (Wildman–Crippen LogP) is 11.7. The predicted molar refractivity (Wildman–Crippen MR) is 179 cm³/mol. The minimum absolute atomic E-state index is 0.879. The first-order valence-corrected chi connectivity index (χ1v) is 14.8. The summed E-state index contributed by atoms with van der Waals surface area (Å²) in [6.07, 6.45) is 8.56. The van der Waals surface area contributed by atoms with Crippen LogP contribution >= 0.6 is 0 Å². The number of hydrogen-bond donors (Lipinski definition) is 0. The molecule has 0 saturated carbocycles. The van der Waals surface area contributed by atoms with Gasteiger partial charge >= 0.3 is 0 Å². The molecule has 3 heteroatoms. The lowest BCUT2D eigenvalue weighted by Gasteiger charge is -2.28. The minimum Gasteiger partial charge on any atom is -0.456 e. The standard InChI is InChI=1S/C40H27NO2/c1-3-11-26(12-4-1)35-25-39-40(33-17-8-7-15-30(33)35)34-22-20-29(24-38(34)43-39)41(27-13-5-2-6-14-27)28-19-21-32-31-16-9-10-18-36(31)42-37(32)23-28/h1-5,7-13,15-25H,6,14H2. The number of furan rings is 2. The molecule has 2 aromatic heterocycles. The van der Waals surface area contributed by atoms with Crippen LogP contribution < -0.4 is 4.90 Å². The fraction of sp³-hybridized carbons (Fsp3) is 0.0500. The van der Waals surface area contributed by atoms with Crippen molar-refractivity contribution >= 4 is 66.0 Å². The summed E-state index contributed by atoms with van der Waals surface area (Å²) < 4.78 is 13.0. The van der Waals surface area contributed by atoms with Crippen LogP contribution in [0.4, 0.5) is 11.4 Å². The van der Waals surface area contributed by atoms with E-state index >= 15 is 0 Å². The van der Waals surface area contributed by atoms with E-state index in [0.29, 0.717) is 0 Å². The van der Waals surface area contributed by atoms with E-state index in [0.717, 1.165) is 68.1 Å². The first kappa shape index (κ1) is 24.1. The van der Waals surface area contributed by atoms with Crippen molar-refractivity contribution in [3.8, 4) is 11.1 Å². The van der Waals surface area contributed by atoms with Crippen LogP contribution in [0.25, 0.3) is 65.8 Å². The highest BCUT2D eigenvalue weighted by Crippen LogP contribution is 2.43. The van der Waals surface area contributed by atoms with E-state index < -0.39 is 0 Å². The Labute approximate surface area is 248 Å². The molecule has 43 heavy (non-hydrogen) atoms. The van der Waals surface area contributed by atoms with Gasteiger partial charge in [0.05, 0.1) is 0 Å². The van der Waals surface area contributed by atoms with E-state index in [1.165, 1.54) is 27.6 Å². The van der Waals surface area contributed by atoms with Gasteiger partial charge in [0.1, 0.15) is 22.3 Å². The van der Waals surface area contributed by atoms with Gasteiger partial charge in [-0.05, 0) is 77.2 Å². The summed E-state index contributed by atoms with van der Waals surface area (Å²) in [6.45, 7) is 0. The smallest absolute Gasteiger partial charge is 0.137 e. The molecule has 0 saturated heterocycles. The van der Waals surface area contributed by atoms with Gasteiger partial charge in [-0.25, -0.2) is 0 Å². The third-order valence-electron chi connectivity index (χ3n) is 8.71. The monoisotopic (exact) mass is 553 g/mol. The SMILES string of the molecule is C1=CCCC(N(c2ccc3c(c2)oc2ccccc23)c2ccc3c(c2)oc2cc(-c4ccccc4)c4ccccc4c23)=C1. The Balaban J connectivity index is 1.25. The van der Waals surface area contributed by atoms with Crippen molar-refractivity contribution < 1.29 is 8.83 Å². The first-order chi connectivity index (χ1) is 21.3. The molecule has 6 aromatic carbocycles. The van der Waals surface area contributed by atoms with Crippen molar-refractivity contribution in [2.75, 3.05) is 4.90 Å². The molecule has 9 rings (SSSR count). The van der Waals surface area contributed by atoms with Crippen LogP contribution in [0.15, 0.2) is 154 Å². The summed E-state index contributed by atoms with van der Waals surface area (Å²) >= 11 is 0. The van der Waals surface area contributed by atoms with Gasteiger partial charge in [-0.2, -0.15) is 0 Å². The van der Waals surface area contributed by atoms with Gasteiger partial charge in [0.15, 0.2) is 0 Å². The van der Waals surface area contributed by atoms with Crippen LogP contribution in [0.1, 0.15) is 12.8 Å². The van der Waals surface area contributed by atoms with Gasteiger partial charge in [0.2, 0.25) is 0 Å². The van der Waals surface area contributed by atoms with E-state index in [1.54, 1.807) is 0 Å². The Hall–Kier alpha value is -5.54. The zero-order chi connectivity index (χ0) is 28.3. The van der Waals surface area contributed by atoms with E-state index in [-0.39, 0.29) is 0 Å². The number of fused-ring (bicyclic) bond motifs is 8. The molecule has 0 radical (unpaired) electrons. The Bertz CT molecular complexity index is 2410. The molecular weight excluding hydrogens is 526 g/mol. The van der Waals surface area contributed by atoms with Crippen molar-refractivity contribution in [1.82, 2.24) is 0 Å². The first-order valence-electron chi connectivity index (χ1n) is 14.8. The quantitative estimate of drug-likeness (QED) is 0.217. The number of para-hydroxylation sites is 1. The second-order valence-corrected chi connectivity index (χ2v) is 11.2. The third kappa shape index (κ3) is 3.82. The normalized spacial score (nSPS) is 13.4. The molecule has 0 unspecified atom stereocenters. The van der Waals surface area contributed by atoms with Crippen molar-refractivity contribution in [3.63, 3.8) is 0 Å². The van der Waals surface area contributed by atoms with Gasteiger partial charge in [-0.1, -0.05) is 84.9 Å². The molecule has 0 aliphatic heterocycles. The van der Waals surface area contributed by atoms with E-state index in [4.69, 9.17) is 8.83 Å². The fourth-order valence-electron chi connectivity index (χ4n) is 6.73. The van der Waals surface area contributed by atoms with Crippen LogP contribution in [0, 0.1) is 0 Å². The van der Waals surface area contributed by atoms with Gasteiger partial charge < -0.3 is 13.7 Å². The lowest BCUT2D eigenvalue weighted by Crippen LogP contribution is -2.17. The molecule has 0 atom stereocenters. The van der Waals surface area contributed by atoms with E-state index in [1.807, 2.05) is 12.1 Å². The lowest BCUT2D eigenvalue weighted by molar-refractivity contribution is 0.669. The molecule has 0 amide bonds. The fourth-order valence-corrected chi connectivity index (χ4v) is 6.73. The summed E-state index contributed by atoms with van der Waals surface area (Å²) in [4.78, 5) is 2.34. The van der Waals surface area contributed by atoms with Crippen LogP contribution in [0.5, 0.6) is 0 Å². The highest BCUT2D eigenvalue weighted by atomic mass is 16.3. The van der Waals surface area contributed by atoms with Crippen molar-refractivity contribution in [3.05, 3.63) is 145 Å². The number of allylic oxidation sites excluding steroid dienone is 4. The maximum Gasteiger partial charge on any atom is 0.137 e. The zero-order valence-electron chi connectivity index (χ0n) is 23.5. The Morgan fingerprint density at radius 2 is 1.16 bits per heavy atom. The van der Waals surface area contributed by atoms with Crippen molar-refractivity contribution in [1.29, 1.82) is 0 Å². The van der Waals surface area contributed by atoms with Crippen LogP contribution in [-0.4, -0.2) is 0 Å². The number of rotatable bonds is 4. The highest BCUT2D eigenvalue weighted by molar-refractivity contribution is 6.22. The Morgan fingerprint density at radius 1 is 0.512 bits per heavy atom. The molecule has 2 heterocycles. The zero-order valence-corrected chi connectivity index (χ0v) is 23.5. The molecule has 8 aromatic rings. The maximum absolute atomic E-state index is 6.67. The number of hydrogen-bond acceptors (Lipinski definition) is 3. The Morgan fingerprint density at radius 3 is 1.95 bits per heavy atom. The number of anilines is 2. The topological polar surface area (TPSA) is 29.5 Å². The Kier molecular flexibility index (Phi) is 5.32. The third-order valence-corrected chi connectivity index (χ3v) is 8.71. The average Bonchev–Trinajstić information content (AvgIpc) is 3.63. The van der Waals surface area contributed by atoms with Gasteiger partial charge in [0.25, 0.3) is 0 Å². The molecule has 0 bridgehead atoms. The van der Waals surface area contributed by atoms with E-state index in [2.05, 4.69) is 132 Å². The molecular formula is C40H27NO2. The summed E-state index contributed by atoms with van der Waals surface area (Å²) in [5.74, 6) is 0. The second kappa shape index (κ2) is 9.50. The summed E-state index contributed by atoms with van der Waals surface area (Å²) in [5.41, 5.74) is 9.33. The number of nitrogens with zero attached hydrogens (tertiary/aromatic N) is 1. The van der Waals surface area contributed by atoms with Gasteiger partial charge in [-0.3, -0.25) is 0 Å². The average molecular weight is 554 g/mol. The highest BCUT2D eigenvalue weighted by Gasteiger charge is 2.20. The second-order valence-electron chi connectivity index (χ2n) is 11.2. The van der Waals surface area contributed by atoms with Crippen LogP contribution in [0.2, 0.25) is 0 Å². The maximum atomic E-state index is 6.67. The minimum atomic E-state index is 0.879. The summed E-state index contributed by atoms with van der Waals surface area (Å²) in [7, 11) is 0. The van der Waals surface area contributed by atoms with Gasteiger partial charge in [-0.15, -0.1) is 0 Å². The summed E-state index contributed by atoms with van der Waals surface area (Å²) in [5, 5.41) is 6.99. The van der Waals surface area contributed by atoms with E-state index in [9.17, 15) is 0 Å². The van der Waals surface area contributed by atoms with Crippen molar-refractivity contribution in [2.45, 2.75) is 12.8 Å². The molecule has 0 N–H and O–H groups in total. The molecule has 1 aliphatic rings. The van der Waals surface area contributed by atoms with Crippen LogP contribution in [-0.2, 0) is 0 Å². The molecule has 3 nitrogen and oxygen atoms in total.